The smallest absolute Gasteiger partial charge is 0.346 e. The first-order valence-electron chi connectivity index (χ1n) is 8.85. The van der Waals surface area contributed by atoms with Crippen molar-refractivity contribution in [3.63, 3.8) is 0 Å². The maximum Gasteiger partial charge on any atom is 0.346 e. The third-order valence-electron chi connectivity index (χ3n) is 4.58. The van der Waals surface area contributed by atoms with E-state index in [1.807, 2.05) is 6.92 Å². The molecule has 1 aromatic heterocycles. The number of benzene rings is 2. The number of sulfone groups is 2. The maximum atomic E-state index is 13.0. The molecule has 9 heteroatoms. The van der Waals surface area contributed by atoms with Crippen molar-refractivity contribution in [2.45, 2.75) is 29.4 Å². The van der Waals surface area contributed by atoms with Crippen LogP contribution >= 0.6 is 11.3 Å². The van der Waals surface area contributed by atoms with Crippen LogP contribution in [0.25, 0.3) is 10.4 Å². The van der Waals surface area contributed by atoms with Crippen LogP contribution in [0.2, 0.25) is 0 Å². The van der Waals surface area contributed by atoms with E-state index in [0.717, 1.165) is 23.2 Å². The van der Waals surface area contributed by atoms with Gasteiger partial charge in [0.05, 0.1) is 15.5 Å². The van der Waals surface area contributed by atoms with Crippen LogP contribution in [-0.4, -0.2) is 34.2 Å². The summed E-state index contributed by atoms with van der Waals surface area (Å²) >= 11 is 0.963. The van der Waals surface area contributed by atoms with Gasteiger partial charge in [0.2, 0.25) is 0 Å². The number of carboxylic acid groups (broad SMARTS) is 1. The molecule has 6 nitrogen and oxygen atoms in total. The largest absolute Gasteiger partial charge is 0.477 e. The number of hydrogen-bond acceptors (Lipinski definition) is 6. The van der Waals surface area contributed by atoms with E-state index >= 15 is 0 Å². The number of thiophene rings is 1. The van der Waals surface area contributed by atoms with Gasteiger partial charge < -0.3 is 5.11 Å². The van der Waals surface area contributed by atoms with E-state index in [9.17, 15) is 26.7 Å². The minimum Gasteiger partial charge on any atom is -0.477 e. The van der Waals surface area contributed by atoms with Crippen LogP contribution < -0.4 is 0 Å². The van der Waals surface area contributed by atoms with E-state index in [2.05, 4.69) is 0 Å². The molecule has 1 N–H and O–H groups in total. The maximum absolute atomic E-state index is 13.0. The van der Waals surface area contributed by atoms with E-state index in [4.69, 9.17) is 0 Å². The van der Waals surface area contributed by atoms with Gasteiger partial charge in [-0.2, -0.15) is 0 Å². The van der Waals surface area contributed by atoms with Crippen LogP contribution in [0.4, 0.5) is 0 Å². The average Bonchev–Trinajstić information content (AvgIpc) is 3.04. The Morgan fingerprint density at radius 3 is 2.13 bits per heavy atom. The zero-order chi connectivity index (χ0) is 22.3. The van der Waals surface area contributed by atoms with Crippen molar-refractivity contribution in [3.8, 4) is 10.4 Å². The lowest BCUT2D eigenvalue weighted by Crippen LogP contribution is -2.09. The molecule has 0 saturated carbocycles. The van der Waals surface area contributed by atoms with Crippen LogP contribution in [0.5, 0.6) is 0 Å². The van der Waals surface area contributed by atoms with Crippen LogP contribution in [-0.2, 0) is 25.4 Å². The first-order chi connectivity index (χ1) is 13.9. The molecule has 0 aliphatic carbocycles. The summed E-state index contributed by atoms with van der Waals surface area (Å²) in [5.41, 5.74) is 2.37. The summed E-state index contributed by atoms with van der Waals surface area (Å²) in [6, 6.07) is 12.6. The Morgan fingerprint density at radius 2 is 1.60 bits per heavy atom. The Morgan fingerprint density at radius 1 is 0.967 bits per heavy atom. The van der Waals surface area contributed by atoms with Gasteiger partial charge in [-0.1, -0.05) is 29.8 Å². The Balaban J connectivity index is 2.02. The summed E-state index contributed by atoms with van der Waals surface area (Å²) in [5.74, 6) is -1.64. The van der Waals surface area contributed by atoms with Gasteiger partial charge in [0, 0.05) is 11.1 Å². The molecule has 0 unspecified atom stereocenters. The van der Waals surface area contributed by atoms with Crippen molar-refractivity contribution in [1.82, 2.24) is 0 Å². The lowest BCUT2D eigenvalue weighted by molar-refractivity contribution is 0.0701. The highest BCUT2D eigenvalue weighted by Gasteiger charge is 2.24. The number of hydrogen-bond donors (Lipinski definition) is 1. The van der Waals surface area contributed by atoms with Gasteiger partial charge in [-0.3, -0.25) is 0 Å². The van der Waals surface area contributed by atoms with Crippen molar-refractivity contribution in [1.29, 1.82) is 0 Å². The minimum atomic E-state index is -3.75. The van der Waals surface area contributed by atoms with Crippen molar-refractivity contribution in [3.05, 3.63) is 70.1 Å². The molecule has 0 bridgehead atoms. The van der Waals surface area contributed by atoms with E-state index in [-0.39, 0.29) is 20.2 Å². The quantitative estimate of drug-likeness (QED) is 0.589. The molecular formula is C21H20O6S3. The average molecular weight is 465 g/mol. The van der Waals surface area contributed by atoms with E-state index in [0.29, 0.717) is 16.0 Å². The SMILES string of the molecule is Cc1ccc(S(=O)(=O)Cc2cc(-c3ccc(S(C)(=O)=O)cc3)sc2C(=O)O)c(C)c1. The summed E-state index contributed by atoms with van der Waals surface area (Å²) in [6.45, 7) is 3.58. The number of aryl methyl sites for hydroxylation is 2. The highest BCUT2D eigenvalue weighted by molar-refractivity contribution is 7.91. The number of carbonyl (C=O) groups is 1. The predicted octanol–water partition coefficient (Wildman–Crippen LogP) is 4.11. The zero-order valence-corrected chi connectivity index (χ0v) is 19.0. The molecule has 30 heavy (non-hydrogen) atoms. The molecule has 158 valence electrons. The molecule has 0 atom stereocenters. The first-order valence-corrected chi connectivity index (χ1v) is 13.2. The van der Waals surface area contributed by atoms with Crippen molar-refractivity contribution >= 4 is 37.0 Å². The summed E-state index contributed by atoms with van der Waals surface area (Å²) in [7, 11) is -7.10. The third kappa shape index (κ3) is 4.63. The van der Waals surface area contributed by atoms with E-state index < -0.39 is 31.4 Å². The number of rotatable bonds is 6. The normalized spacial score (nSPS) is 12.1. The zero-order valence-electron chi connectivity index (χ0n) is 16.5. The fraction of sp³-hybridized carbons (Fsp3) is 0.190. The van der Waals surface area contributed by atoms with E-state index in [1.54, 1.807) is 37.3 Å². The molecule has 0 saturated heterocycles. The summed E-state index contributed by atoms with van der Waals surface area (Å²) < 4.78 is 49.2. The number of aromatic carboxylic acids is 1. The van der Waals surface area contributed by atoms with Gasteiger partial charge in [0.1, 0.15) is 4.88 Å². The second-order valence-electron chi connectivity index (χ2n) is 7.09. The van der Waals surface area contributed by atoms with Crippen molar-refractivity contribution in [2.24, 2.45) is 0 Å². The van der Waals surface area contributed by atoms with Crippen molar-refractivity contribution in [2.75, 3.05) is 6.26 Å². The monoisotopic (exact) mass is 464 g/mol. The van der Waals surface area contributed by atoms with Crippen LogP contribution in [0.15, 0.2) is 58.3 Å². The summed E-state index contributed by atoms with van der Waals surface area (Å²) in [6.07, 6.45) is 1.10. The first kappa shape index (κ1) is 22.2. The molecule has 0 aliphatic heterocycles. The second-order valence-corrected chi connectivity index (χ2v) is 12.1. The van der Waals surface area contributed by atoms with Gasteiger partial charge in [0.25, 0.3) is 0 Å². The Kier molecular flexibility index (Phi) is 5.90. The topological polar surface area (TPSA) is 106 Å². The number of carboxylic acids is 1. The van der Waals surface area contributed by atoms with Crippen LogP contribution in [0.1, 0.15) is 26.4 Å². The van der Waals surface area contributed by atoms with Gasteiger partial charge in [0.15, 0.2) is 19.7 Å². The van der Waals surface area contributed by atoms with Crippen LogP contribution in [0, 0.1) is 13.8 Å². The molecule has 1 heterocycles. The Labute approximate surface area is 179 Å². The Bertz CT molecular complexity index is 1330. The lowest BCUT2D eigenvalue weighted by Gasteiger charge is -2.08. The molecule has 0 aliphatic rings. The minimum absolute atomic E-state index is 0.0504. The van der Waals surface area contributed by atoms with Gasteiger partial charge in [-0.15, -0.1) is 11.3 Å². The van der Waals surface area contributed by atoms with Gasteiger partial charge in [-0.05, 0) is 54.8 Å². The molecule has 0 fully saturated rings. The molecule has 0 spiro atoms. The lowest BCUT2D eigenvalue weighted by atomic mass is 10.1. The third-order valence-corrected chi connectivity index (χ3v) is 8.74. The molecule has 0 amide bonds. The van der Waals surface area contributed by atoms with Crippen LogP contribution in [0.3, 0.4) is 0 Å². The van der Waals surface area contributed by atoms with Gasteiger partial charge in [-0.25, -0.2) is 21.6 Å². The fourth-order valence-corrected chi connectivity index (χ4v) is 6.52. The van der Waals surface area contributed by atoms with Gasteiger partial charge >= 0.3 is 5.97 Å². The highest BCUT2D eigenvalue weighted by atomic mass is 32.2. The summed E-state index contributed by atoms with van der Waals surface area (Å²) in [5, 5.41) is 9.57. The fourth-order valence-electron chi connectivity index (χ4n) is 3.16. The molecule has 3 rings (SSSR count). The second kappa shape index (κ2) is 7.98. The summed E-state index contributed by atoms with van der Waals surface area (Å²) in [4.78, 5) is 12.6. The molecular weight excluding hydrogens is 444 g/mol. The molecule has 2 aromatic carbocycles. The van der Waals surface area contributed by atoms with Crippen molar-refractivity contribution < 1.29 is 26.7 Å². The van der Waals surface area contributed by atoms with E-state index in [1.165, 1.54) is 18.2 Å². The standard InChI is InChI=1S/C21H20O6S3/c1-13-4-9-19(14(2)10-13)30(26,27)12-16-11-18(28-20(16)21(22)23)15-5-7-17(8-6-15)29(3,24)25/h4-11H,12H2,1-3H3,(H,22,23). The predicted molar refractivity (Wildman–Crippen MR) is 117 cm³/mol. The molecule has 3 aromatic rings. The molecule has 0 radical (unpaired) electrons. The highest BCUT2D eigenvalue weighted by Crippen LogP contribution is 2.34. The Hall–Kier alpha value is -2.49.